The highest BCUT2D eigenvalue weighted by atomic mass is 16.2. The topological polar surface area (TPSA) is 63.4 Å². The second kappa shape index (κ2) is 8.32. The third-order valence-corrected chi connectivity index (χ3v) is 5.27. The average Bonchev–Trinajstić information content (AvgIpc) is 2.59. The number of anilines is 1. The molecule has 24 heavy (non-hydrogen) atoms. The number of imide groups is 1. The minimum atomic E-state index is -0.578. The molecule has 1 aliphatic rings. The van der Waals surface area contributed by atoms with Gasteiger partial charge in [0.05, 0.1) is 5.41 Å². The molecule has 1 unspecified atom stereocenters. The zero-order chi connectivity index (χ0) is 17.6. The fourth-order valence-electron chi connectivity index (χ4n) is 3.64. The predicted molar refractivity (Wildman–Crippen MR) is 97.5 cm³/mol. The van der Waals surface area contributed by atoms with E-state index >= 15 is 0 Å². The third kappa shape index (κ3) is 3.80. The number of piperidine rings is 1. The molecule has 1 saturated heterocycles. The molecule has 0 spiro atoms. The molecule has 2 amide bonds. The second-order valence-electron chi connectivity index (χ2n) is 6.82. The van der Waals surface area contributed by atoms with Gasteiger partial charge in [-0.15, -0.1) is 0 Å². The van der Waals surface area contributed by atoms with E-state index < -0.39 is 5.41 Å². The SMILES string of the molecule is CCCCCCCN1C(=O)CCC(CC)(c2ccc(N)cc2)C1=O. The molecule has 0 bridgehead atoms. The van der Waals surface area contributed by atoms with Crippen molar-refractivity contribution in [3.05, 3.63) is 29.8 Å². The molecule has 2 N–H and O–H groups in total. The van der Waals surface area contributed by atoms with E-state index in [1.54, 1.807) is 0 Å². The molecule has 4 nitrogen and oxygen atoms in total. The summed E-state index contributed by atoms with van der Waals surface area (Å²) >= 11 is 0. The lowest BCUT2D eigenvalue weighted by Crippen LogP contribution is -2.54. The summed E-state index contributed by atoms with van der Waals surface area (Å²) in [4.78, 5) is 27.0. The highest BCUT2D eigenvalue weighted by Crippen LogP contribution is 2.39. The molecule has 132 valence electrons. The van der Waals surface area contributed by atoms with Crippen molar-refractivity contribution >= 4 is 17.5 Å². The van der Waals surface area contributed by atoms with Crippen LogP contribution in [0.2, 0.25) is 0 Å². The Bertz CT molecular complexity index is 568. The first-order valence-corrected chi connectivity index (χ1v) is 9.26. The van der Waals surface area contributed by atoms with Crippen LogP contribution in [0.15, 0.2) is 24.3 Å². The minimum Gasteiger partial charge on any atom is -0.399 e. The molecule has 1 fully saturated rings. The number of hydrogen-bond acceptors (Lipinski definition) is 3. The normalized spacial score (nSPS) is 21.3. The summed E-state index contributed by atoms with van der Waals surface area (Å²) in [6.07, 6.45) is 7.30. The number of hydrogen-bond donors (Lipinski definition) is 1. The Balaban J connectivity index is 2.14. The standard InChI is InChI=1S/C20H30N2O2/c1-3-5-6-7-8-15-22-18(23)13-14-20(4-2,19(22)24)16-9-11-17(21)12-10-16/h9-12H,3-8,13-15,21H2,1-2H3. The number of nitrogens with two attached hydrogens (primary N) is 1. The van der Waals surface area contributed by atoms with Crippen LogP contribution in [0.3, 0.4) is 0 Å². The van der Waals surface area contributed by atoms with E-state index in [1.165, 1.54) is 24.2 Å². The monoisotopic (exact) mass is 330 g/mol. The summed E-state index contributed by atoms with van der Waals surface area (Å²) in [7, 11) is 0. The molecule has 0 radical (unpaired) electrons. The number of carbonyl (C=O) groups is 2. The van der Waals surface area contributed by atoms with E-state index in [2.05, 4.69) is 6.92 Å². The van der Waals surface area contributed by atoms with Crippen LogP contribution in [0.4, 0.5) is 5.69 Å². The number of nitrogens with zero attached hydrogens (tertiary/aromatic N) is 1. The molecule has 1 atom stereocenters. The van der Waals surface area contributed by atoms with Crippen molar-refractivity contribution in [1.82, 2.24) is 4.90 Å². The van der Waals surface area contributed by atoms with Crippen molar-refractivity contribution in [3.63, 3.8) is 0 Å². The van der Waals surface area contributed by atoms with Crippen molar-refractivity contribution in [2.75, 3.05) is 12.3 Å². The molecule has 0 aliphatic carbocycles. The quantitative estimate of drug-likeness (QED) is 0.444. The predicted octanol–water partition coefficient (Wildman–Crippen LogP) is 4.04. The lowest BCUT2D eigenvalue weighted by molar-refractivity contribution is -0.153. The first-order valence-electron chi connectivity index (χ1n) is 9.26. The van der Waals surface area contributed by atoms with E-state index in [1.807, 2.05) is 31.2 Å². The Kier molecular flexibility index (Phi) is 6.41. The number of unbranched alkanes of at least 4 members (excludes halogenated alkanes) is 4. The van der Waals surface area contributed by atoms with Gasteiger partial charge in [0.25, 0.3) is 0 Å². The Morgan fingerprint density at radius 1 is 1.04 bits per heavy atom. The summed E-state index contributed by atoms with van der Waals surface area (Å²) in [5.74, 6) is -0.0449. The zero-order valence-electron chi connectivity index (χ0n) is 15.0. The van der Waals surface area contributed by atoms with Crippen molar-refractivity contribution in [2.24, 2.45) is 0 Å². The van der Waals surface area contributed by atoms with Crippen LogP contribution in [0.5, 0.6) is 0 Å². The van der Waals surface area contributed by atoms with Gasteiger partial charge < -0.3 is 5.73 Å². The molecule has 0 aromatic heterocycles. The fraction of sp³-hybridized carbons (Fsp3) is 0.600. The van der Waals surface area contributed by atoms with Crippen molar-refractivity contribution < 1.29 is 9.59 Å². The van der Waals surface area contributed by atoms with Crippen molar-refractivity contribution in [2.45, 2.75) is 70.6 Å². The van der Waals surface area contributed by atoms with Gasteiger partial charge in [0.2, 0.25) is 11.8 Å². The van der Waals surface area contributed by atoms with Crippen LogP contribution >= 0.6 is 0 Å². The fourth-order valence-corrected chi connectivity index (χ4v) is 3.64. The summed E-state index contributed by atoms with van der Waals surface area (Å²) in [6, 6.07) is 7.55. The summed E-state index contributed by atoms with van der Waals surface area (Å²) < 4.78 is 0. The van der Waals surface area contributed by atoms with Crippen LogP contribution in [-0.4, -0.2) is 23.3 Å². The van der Waals surface area contributed by atoms with Crippen LogP contribution in [0.1, 0.15) is 70.8 Å². The molecule has 4 heteroatoms. The van der Waals surface area contributed by atoms with Gasteiger partial charge in [-0.2, -0.15) is 0 Å². The van der Waals surface area contributed by atoms with Crippen LogP contribution in [0.25, 0.3) is 0 Å². The van der Waals surface area contributed by atoms with E-state index in [0.29, 0.717) is 31.5 Å². The lowest BCUT2D eigenvalue weighted by Gasteiger charge is -2.40. The van der Waals surface area contributed by atoms with Gasteiger partial charge in [-0.05, 0) is 37.0 Å². The molecule has 1 aromatic carbocycles. The van der Waals surface area contributed by atoms with Crippen molar-refractivity contribution in [3.8, 4) is 0 Å². The first kappa shape index (κ1) is 18.5. The Morgan fingerprint density at radius 3 is 2.33 bits per heavy atom. The summed E-state index contributed by atoms with van der Waals surface area (Å²) in [5, 5.41) is 0. The highest BCUT2D eigenvalue weighted by molar-refractivity contribution is 6.03. The molecule has 1 heterocycles. The highest BCUT2D eigenvalue weighted by Gasteiger charge is 2.46. The maximum Gasteiger partial charge on any atom is 0.239 e. The van der Waals surface area contributed by atoms with Gasteiger partial charge in [0, 0.05) is 18.7 Å². The Morgan fingerprint density at radius 2 is 1.71 bits per heavy atom. The number of carbonyl (C=O) groups excluding carboxylic acids is 2. The van der Waals surface area contributed by atoms with E-state index in [4.69, 9.17) is 5.73 Å². The average molecular weight is 330 g/mol. The molecule has 1 aliphatic heterocycles. The van der Waals surface area contributed by atoms with Crippen LogP contribution in [0, 0.1) is 0 Å². The molecule has 0 saturated carbocycles. The van der Waals surface area contributed by atoms with Gasteiger partial charge in [0.1, 0.15) is 0 Å². The second-order valence-corrected chi connectivity index (χ2v) is 6.82. The Hall–Kier alpha value is -1.84. The minimum absolute atomic E-state index is 0.0185. The van der Waals surface area contributed by atoms with E-state index in [0.717, 1.165) is 18.4 Å². The molecular weight excluding hydrogens is 300 g/mol. The molecule has 1 aromatic rings. The third-order valence-electron chi connectivity index (χ3n) is 5.27. The van der Waals surface area contributed by atoms with Crippen LogP contribution in [-0.2, 0) is 15.0 Å². The summed E-state index contributed by atoms with van der Waals surface area (Å²) in [5.41, 5.74) is 6.87. The van der Waals surface area contributed by atoms with Crippen molar-refractivity contribution in [1.29, 1.82) is 0 Å². The zero-order valence-corrected chi connectivity index (χ0v) is 15.0. The Labute approximate surface area is 145 Å². The van der Waals surface area contributed by atoms with Gasteiger partial charge in [0.15, 0.2) is 0 Å². The molecule has 2 rings (SSSR count). The van der Waals surface area contributed by atoms with Crippen LogP contribution < -0.4 is 5.73 Å². The number of nitrogen functional groups attached to an aromatic ring is 1. The number of likely N-dealkylation sites (tertiary alicyclic amines) is 1. The molecular formula is C20H30N2O2. The largest absolute Gasteiger partial charge is 0.399 e. The summed E-state index contributed by atoms with van der Waals surface area (Å²) in [6.45, 7) is 4.77. The lowest BCUT2D eigenvalue weighted by atomic mass is 9.71. The van der Waals surface area contributed by atoms with Gasteiger partial charge in [-0.1, -0.05) is 51.7 Å². The van der Waals surface area contributed by atoms with E-state index in [9.17, 15) is 9.59 Å². The first-order chi connectivity index (χ1) is 11.5. The van der Waals surface area contributed by atoms with Gasteiger partial charge in [-0.3, -0.25) is 14.5 Å². The van der Waals surface area contributed by atoms with Gasteiger partial charge in [-0.25, -0.2) is 0 Å². The van der Waals surface area contributed by atoms with E-state index in [-0.39, 0.29) is 11.8 Å². The maximum atomic E-state index is 13.2. The maximum absolute atomic E-state index is 13.2. The van der Waals surface area contributed by atoms with Gasteiger partial charge >= 0.3 is 0 Å². The number of amides is 2. The smallest absolute Gasteiger partial charge is 0.239 e. The number of rotatable bonds is 8. The number of benzene rings is 1.